The van der Waals surface area contributed by atoms with Gasteiger partial charge in [-0.25, -0.2) is 9.18 Å². The summed E-state index contributed by atoms with van der Waals surface area (Å²) >= 11 is 0. The minimum Gasteiger partial charge on any atom is -0.465 e. The molecule has 0 aromatic heterocycles. The Morgan fingerprint density at radius 1 is 1.33 bits per heavy atom. The summed E-state index contributed by atoms with van der Waals surface area (Å²) in [7, 11) is 1.18. The van der Waals surface area contributed by atoms with E-state index in [-0.39, 0.29) is 11.1 Å². The molecule has 124 valence electrons. The SMILES string of the molecule is COC(=O)c1c(F)cc2c(c1C=O)N(Cc1ccccc1)CCC2. The molecule has 4 nitrogen and oxygen atoms in total. The first-order valence-electron chi connectivity index (χ1n) is 7.83. The molecule has 0 N–H and O–H groups in total. The van der Waals surface area contributed by atoms with Gasteiger partial charge in [0.2, 0.25) is 0 Å². The molecule has 0 radical (unpaired) electrons. The van der Waals surface area contributed by atoms with Crippen LogP contribution in [0.2, 0.25) is 0 Å². The Morgan fingerprint density at radius 3 is 2.75 bits per heavy atom. The molecular weight excluding hydrogens is 309 g/mol. The number of nitrogens with zero attached hydrogens (tertiary/aromatic N) is 1. The number of ether oxygens (including phenoxy) is 1. The van der Waals surface area contributed by atoms with E-state index >= 15 is 0 Å². The van der Waals surface area contributed by atoms with Gasteiger partial charge in [0.15, 0.2) is 6.29 Å². The van der Waals surface area contributed by atoms with Gasteiger partial charge < -0.3 is 9.64 Å². The van der Waals surface area contributed by atoms with E-state index in [1.54, 1.807) is 0 Å². The minimum absolute atomic E-state index is 0.0764. The predicted octanol–water partition coefficient (Wildman–Crippen LogP) is 3.38. The molecule has 0 fully saturated rings. The number of esters is 1. The van der Waals surface area contributed by atoms with Gasteiger partial charge in [0.25, 0.3) is 0 Å². The number of carbonyl (C=O) groups is 2. The van der Waals surface area contributed by atoms with Gasteiger partial charge in [-0.1, -0.05) is 30.3 Å². The molecule has 1 aliphatic heterocycles. The van der Waals surface area contributed by atoms with Crippen LogP contribution in [-0.2, 0) is 17.7 Å². The lowest BCUT2D eigenvalue weighted by Crippen LogP contribution is -2.31. The lowest BCUT2D eigenvalue weighted by atomic mass is 9.93. The van der Waals surface area contributed by atoms with Gasteiger partial charge >= 0.3 is 5.97 Å². The number of carbonyl (C=O) groups excluding carboxylic acids is 2. The van der Waals surface area contributed by atoms with Crippen molar-refractivity contribution in [1.29, 1.82) is 0 Å². The number of anilines is 1. The second kappa shape index (κ2) is 6.83. The molecule has 24 heavy (non-hydrogen) atoms. The third-order valence-electron chi connectivity index (χ3n) is 4.28. The number of aryl methyl sites for hydroxylation is 1. The first-order chi connectivity index (χ1) is 11.7. The molecule has 0 spiro atoms. The standard InChI is InChI=1S/C19H18FNO3/c1-24-19(23)17-15(12-22)18-14(10-16(17)20)8-5-9-21(18)11-13-6-3-2-4-7-13/h2-4,6-7,10,12H,5,8-9,11H2,1H3. The Balaban J connectivity index is 2.11. The van der Waals surface area contributed by atoms with Crippen molar-refractivity contribution in [2.75, 3.05) is 18.6 Å². The lowest BCUT2D eigenvalue weighted by molar-refractivity contribution is 0.0593. The van der Waals surface area contributed by atoms with Gasteiger partial charge in [-0.15, -0.1) is 0 Å². The number of hydrogen-bond donors (Lipinski definition) is 0. The third-order valence-corrected chi connectivity index (χ3v) is 4.28. The number of benzene rings is 2. The van der Waals surface area contributed by atoms with Crippen molar-refractivity contribution in [3.63, 3.8) is 0 Å². The highest BCUT2D eigenvalue weighted by Crippen LogP contribution is 2.35. The Bertz CT molecular complexity index is 774. The van der Waals surface area contributed by atoms with E-state index in [2.05, 4.69) is 4.74 Å². The normalized spacial score (nSPS) is 13.3. The molecular formula is C19H18FNO3. The molecule has 5 heteroatoms. The number of hydrogen-bond acceptors (Lipinski definition) is 4. The van der Waals surface area contributed by atoms with E-state index in [4.69, 9.17) is 0 Å². The van der Waals surface area contributed by atoms with E-state index in [1.165, 1.54) is 13.2 Å². The van der Waals surface area contributed by atoms with Crippen LogP contribution in [0.3, 0.4) is 0 Å². The Hall–Kier alpha value is -2.69. The fraction of sp³-hybridized carbons (Fsp3) is 0.263. The van der Waals surface area contributed by atoms with Crippen molar-refractivity contribution in [3.8, 4) is 0 Å². The third kappa shape index (κ3) is 2.89. The van der Waals surface area contributed by atoms with E-state index in [0.717, 1.165) is 24.1 Å². The first kappa shape index (κ1) is 16.2. The lowest BCUT2D eigenvalue weighted by Gasteiger charge is -2.33. The quantitative estimate of drug-likeness (QED) is 0.638. The van der Waals surface area contributed by atoms with Crippen molar-refractivity contribution in [2.24, 2.45) is 0 Å². The second-order valence-electron chi connectivity index (χ2n) is 5.77. The molecule has 0 saturated heterocycles. The van der Waals surface area contributed by atoms with Gasteiger partial charge in [-0.05, 0) is 30.0 Å². The Morgan fingerprint density at radius 2 is 2.08 bits per heavy atom. The van der Waals surface area contributed by atoms with Crippen molar-refractivity contribution in [2.45, 2.75) is 19.4 Å². The molecule has 0 bridgehead atoms. The van der Waals surface area contributed by atoms with Gasteiger partial charge in [0.1, 0.15) is 11.4 Å². The fourth-order valence-electron chi connectivity index (χ4n) is 3.24. The largest absolute Gasteiger partial charge is 0.465 e. The summed E-state index contributed by atoms with van der Waals surface area (Å²) in [6.45, 7) is 1.34. The summed E-state index contributed by atoms with van der Waals surface area (Å²) in [6, 6.07) is 11.2. The van der Waals surface area contributed by atoms with Crippen molar-refractivity contribution >= 4 is 17.9 Å². The van der Waals surface area contributed by atoms with Gasteiger partial charge in [-0.3, -0.25) is 4.79 Å². The molecule has 0 atom stereocenters. The van der Waals surface area contributed by atoms with Crippen LogP contribution in [0.4, 0.5) is 10.1 Å². The number of rotatable bonds is 4. The van der Waals surface area contributed by atoms with Gasteiger partial charge in [-0.2, -0.15) is 0 Å². The Kier molecular flexibility index (Phi) is 4.60. The molecule has 0 saturated carbocycles. The fourth-order valence-corrected chi connectivity index (χ4v) is 3.24. The summed E-state index contributed by atoms with van der Waals surface area (Å²) in [5.74, 6) is -1.54. The van der Waals surface area contributed by atoms with E-state index in [1.807, 2.05) is 35.2 Å². The van der Waals surface area contributed by atoms with Crippen LogP contribution in [0.25, 0.3) is 0 Å². The van der Waals surface area contributed by atoms with Crippen LogP contribution in [-0.4, -0.2) is 25.9 Å². The monoisotopic (exact) mass is 327 g/mol. The summed E-state index contributed by atoms with van der Waals surface area (Å²) in [5.41, 5.74) is 2.27. The Labute approximate surface area is 139 Å². The van der Waals surface area contributed by atoms with Crippen LogP contribution in [0.1, 0.15) is 38.3 Å². The summed E-state index contributed by atoms with van der Waals surface area (Å²) in [4.78, 5) is 25.6. The highest BCUT2D eigenvalue weighted by Gasteiger charge is 2.28. The maximum Gasteiger partial charge on any atom is 0.341 e. The predicted molar refractivity (Wildman–Crippen MR) is 88.9 cm³/mol. The zero-order valence-corrected chi connectivity index (χ0v) is 13.4. The molecule has 2 aromatic rings. The molecule has 0 unspecified atom stereocenters. The molecule has 2 aromatic carbocycles. The zero-order valence-electron chi connectivity index (χ0n) is 13.4. The maximum atomic E-state index is 14.3. The topological polar surface area (TPSA) is 46.6 Å². The molecule has 0 aliphatic carbocycles. The molecule has 1 aliphatic rings. The average Bonchev–Trinajstić information content (AvgIpc) is 2.61. The van der Waals surface area contributed by atoms with Crippen LogP contribution in [0, 0.1) is 5.82 Å². The zero-order chi connectivity index (χ0) is 17.1. The summed E-state index contributed by atoms with van der Waals surface area (Å²) < 4.78 is 19.0. The number of fused-ring (bicyclic) bond motifs is 1. The van der Waals surface area contributed by atoms with Crippen molar-refractivity contribution < 1.29 is 18.7 Å². The molecule has 3 rings (SSSR count). The van der Waals surface area contributed by atoms with E-state index in [9.17, 15) is 14.0 Å². The van der Waals surface area contributed by atoms with Crippen LogP contribution in [0.5, 0.6) is 0 Å². The van der Waals surface area contributed by atoms with Gasteiger partial charge in [0.05, 0.1) is 18.4 Å². The molecule has 0 amide bonds. The van der Waals surface area contributed by atoms with E-state index < -0.39 is 11.8 Å². The van der Waals surface area contributed by atoms with Crippen LogP contribution in [0.15, 0.2) is 36.4 Å². The van der Waals surface area contributed by atoms with Crippen LogP contribution >= 0.6 is 0 Å². The van der Waals surface area contributed by atoms with Crippen molar-refractivity contribution in [3.05, 3.63) is 64.5 Å². The summed E-state index contributed by atoms with van der Waals surface area (Å²) in [6.07, 6.45) is 2.10. The van der Waals surface area contributed by atoms with Crippen LogP contribution < -0.4 is 4.90 Å². The number of methoxy groups -OCH3 is 1. The smallest absolute Gasteiger partial charge is 0.341 e. The average molecular weight is 327 g/mol. The number of aldehydes is 1. The van der Waals surface area contributed by atoms with Gasteiger partial charge in [0, 0.05) is 13.1 Å². The summed E-state index contributed by atoms with van der Waals surface area (Å²) in [5, 5.41) is 0. The van der Waals surface area contributed by atoms with E-state index in [0.29, 0.717) is 24.9 Å². The maximum absolute atomic E-state index is 14.3. The second-order valence-corrected chi connectivity index (χ2v) is 5.77. The number of halogens is 1. The highest BCUT2D eigenvalue weighted by atomic mass is 19.1. The molecule has 1 heterocycles. The minimum atomic E-state index is -0.831. The van der Waals surface area contributed by atoms with Crippen molar-refractivity contribution in [1.82, 2.24) is 0 Å². The first-order valence-corrected chi connectivity index (χ1v) is 7.83. The highest BCUT2D eigenvalue weighted by molar-refractivity contribution is 6.03.